The van der Waals surface area contributed by atoms with E-state index in [0.29, 0.717) is 17.1 Å². The monoisotopic (exact) mass is 275 g/mol. The van der Waals surface area contributed by atoms with Crippen LogP contribution >= 0.6 is 0 Å². The normalized spacial score (nSPS) is 19.2. The second-order valence-corrected chi connectivity index (χ2v) is 5.45. The molecule has 0 saturated carbocycles. The zero-order valence-corrected chi connectivity index (χ0v) is 11.9. The smallest absolute Gasteiger partial charge is 0.231 e. The van der Waals surface area contributed by atoms with Gasteiger partial charge in [-0.05, 0) is 44.5 Å². The van der Waals surface area contributed by atoms with Crippen LogP contribution in [0.3, 0.4) is 0 Å². The molecule has 108 valence electrons. The number of hydrogen-bond donors (Lipinski definition) is 0. The number of Topliss-reactive ketones (excluding diaryl/α,β-unsaturated/α-hetero) is 1. The Morgan fingerprint density at radius 1 is 1.30 bits per heavy atom. The van der Waals surface area contributed by atoms with Crippen LogP contribution in [0.25, 0.3) is 0 Å². The van der Waals surface area contributed by atoms with E-state index in [4.69, 9.17) is 9.47 Å². The maximum atomic E-state index is 12.9. The largest absolute Gasteiger partial charge is 0.454 e. The Kier molecular flexibility index (Phi) is 3.92. The quantitative estimate of drug-likeness (QED) is 0.775. The van der Waals surface area contributed by atoms with Gasteiger partial charge in [0.05, 0.1) is 11.6 Å². The Bertz CT molecular complexity index is 494. The maximum absolute atomic E-state index is 12.9. The fourth-order valence-electron chi connectivity index (χ4n) is 3.11. The molecule has 1 unspecified atom stereocenters. The molecule has 4 nitrogen and oxygen atoms in total. The van der Waals surface area contributed by atoms with E-state index in [9.17, 15) is 4.79 Å². The van der Waals surface area contributed by atoms with E-state index < -0.39 is 0 Å². The standard InChI is InChI=1S/C16H21NO3/c1-2-6-13(17-9-3-4-10-17)15(18)12-7-5-8-14-16(12)20-11-19-14/h5,7-8,13H,2-4,6,9-11H2,1H3. The van der Waals surface area contributed by atoms with Gasteiger partial charge in [-0.1, -0.05) is 19.4 Å². The average Bonchev–Trinajstić information content (AvgIpc) is 3.14. The second-order valence-electron chi connectivity index (χ2n) is 5.45. The molecular formula is C16H21NO3. The number of fused-ring (bicyclic) bond motifs is 1. The lowest BCUT2D eigenvalue weighted by Crippen LogP contribution is -2.39. The van der Waals surface area contributed by atoms with Crippen LogP contribution in [0.1, 0.15) is 43.0 Å². The number of ketones is 1. The van der Waals surface area contributed by atoms with E-state index in [1.807, 2.05) is 18.2 Å². The molecule has 0 aliphatic carbocycles. The van der Waals surface area contributed by atoms with Crippen molar-refractivity contribution in [3.8, 4) is 11.5 Å². The van der Waals surface area contributed by atoms with Crippen molar-refractivity contribution in [1.82, 2.24) is 4.90 Å². The number of nitrogens with zero attached hydrogens (tertiary/aromatic N) is 1. The molecule has 20 heavy (non-hydrogen) atoms. The van der Waals surface area contributed by atoms with Crippen molar-refractivity contribution in [2.24, 2.45) is 0 Å². The van der Waals surface area contributed by atoms with Crippen LogP contribution in [-0.2, 0) is 0 Å². The van der Waals surface area contributed by atoms with E-state index in [1.165, 1.54) is 12.8 Å². The van der Waals surface area contributed by atoms with Gasteiger partial charge in [-0.25, -0.2) is 0 Å². The van der Waals surface area contributed by atoms with E-state index in [1.54, 1.807) is 0 Å². The number of carbonyl (C=O) groups is 1. The molecule has 3 rings (SSSR count). The summed E-state index contributed by atoms with van der Waals surface area (Å²) in [4.78, 5) is 15.2. The van der Waals surface area contributed by atoms with Crippen LogP contribution in [0.4, 0.5) is 0 Å². The van der Waals surface area contributed by atoms with Gasteiger partial charge >= 0.3 is 0 Å². The van der Waals surface area contributed by atoms with E-state index in [-0.39, 0.29) is 18.6 Å². The summed E-state index contributed by atoms with van der Waals surface area (Å²) in [5, 5.41) is 0. The Labute approximate surface area is 119 Å². The fraction of sp³-hybridized carbons (Fsp3) is 0.562. The van der Waals surface area contributed by atoms with Crippen molar-refractivity contribution in [2.45, 2.75) is 38.6 Å². The van der Waals surface area contributed by atoms with Gasteiger partial charge in [-0.2, -0.15) is 0 Å². The second kappa shape index (κ2) is 5.83. The molecule has 2 aliphatic heterocycles. The van der Waals surface area contributed by atoms with Crippen LogP contribution in [-0.4, -0.2) is 36.6 Å². The number of rotatable bonds is 5. The van der Waals surface area contributed by atoms with Gasteiger partial charge < -0.3 is 9.47 Å². The summed E-state index contributed by atoms with van der Waals surface area (Å²) in [5.41, 5.74) is 0.672. The molecule has 1 aromatic carbocycles. The van der Waals surface area contributed by atoms with E-state index in [2.05, 4.69) is 11.8 Å². The van der Waals surface area contributed by atoms with Gasteiger partial charge in [0.2, 0.25) is 6.79 Å². The van der Waals surface area contributed by atoms with Crippen molar-refractivity contribution >= 4 is 5.78 Å². The Morgan fingerprint density at radius 2 is 2.10 bits per heavy atom. The molecule has 0 bridgehead atoms. The third kappa shape index (κ3) is 2.40. The summed E-state index contributed by atoms with van der Waals surface area (Å²) in [6.07, 6.45) is 4.31. The first-order valence-corrected chi connectivity index (χ1v) is 7.48. The summed E-state index contributed by atoms with van der Waals surface area (Å²) >= 11 is 0. The molecule has 1 aromatic rings. The highest BCUT2D eigenvalue weighted by Crippen LogP contribution is 2.36. The first kappa shape index (κ1) is 13.4. The molecule has 1 fully saturated rings. The van der Waals surface area contributed by atoms with E-state index in [0.717, 1.165) is 25.9 Å². The van der Waals surface area contributed by atoms with Crippen molar-refractivity contribution in [3.05, 3.63) is 23.8 Å². The van der Waals surface area contributed by atoms with E-state index >= 15 is 0 Å². The SMILES string of the molecule is CCCC(C(=O)c1cccc2c1OCO2)N1CCCC1. The highest BCUT2D eigenvalue weighted by atomic mass is 16.7. The van der Waals surface area contributed by atoms with Gasteiger partial charge in [-0.3, -0.25) is 9.69 Å². The molecule has 0 radical (unpaired) electrons. The van der Waals surface area contributed by atoms with Crippen LogP contribution in [0, 0.1) is 0 Å². The first-order valence-electron chi connectivity index (χ1n) is 7.48. The third-order valence-corrected chi connectivity index (χ3v) is 4.11. The highest BCUT2D eigenvalue weighted by molar-refractivity contribution is 6.03. The molecule has 1 saturated heterocycles. The minimum absolute atomic E-state index is 0.0156. The lowest BCUT2D eigenvalue weighted by atomic mass is 9.98. The zero-order chi connectivity index (χ0) is 13.9. The molecule has 1 atom stereocenters. The minimum atomic E-state index is -0.0156. The molecule has 0 N–H and O–H groups in total. The molecule has 2 heterocycles. The summed E-state index contributed by atoms with van der Waals surface area (Å²) < 4.78 is 10.8. The van der Waals surface area contributed by atoms with Crippen LogP contribution < -0.4 is 9.47 Å². The minimum Gasteiger partial charge on any atom is -0.454 e. The summed E-state index contributed by atoms with van der Waals surface area (Å²) in [6.45, 7) is 4.40. The number of hydrogen-bond acceptors (Lipinski definition) is 4. The van der Waals surface area contributed by atoms with Crippen molar-refractivity contribution in [1.29, 1.82) is 0 Å². The van der Waals surface area contributed by atoms with Gasteiger partial charge in [0, 0.05) is 0 Å². The molecule has 4 heteroatoms. The highest BCUT2D eigenvalue weighted by Gasteiger charge is 2.31. The maximum Gasteiger partial charge on any atom is 0.231 e. The first-order chi connectivity index (χ1) is 9.81. The third-order valence-electron chi connectivity index (χ3n) is 4.11. The molecule has 0 aromatic heterocycles. The van der Waals surface area contributed by atoms with Crippen LogP contribution in [0.2, 0.25) is 0 Å². The number of ether oxygens (including phenoxy) is 2. The Morgan fingerprint density at radius 3 is 2.85 bits per heavy atom. The number of benzene rings is 1. The summed E-state index contributed by atoms with van der Waals surface area (Å²) in [5.74, 6) is 1.49. The Balaban J connectivity index is 1.87. The number of likely N-dealkylation sites (tertiary alicyclic amines) is 1. The van der Waals surface area contributed by atoms with Crippen molar-refractivity contribution in [2.75, 3.05) is 19.9 Å². The molecule has 2 aliphatic rings. The summed E-state index contributed by atoms with van der Waals surface area (Å²) in [7, 11) is 0. The summed E-state index contributed by atoms with van der Waals surface area (Å²) in [6, 6.07) is 5.56. The van der Waals surface area contributed by atoms with Crippen LogP contribution in [0.5, 0.6) is 11.5 Å². The predicted octanol–water partition coefficient (Wildman–Crippen LogP) is 2.86. The van der Waals surface area contributed by atoms with Crippen molar-refractivity contribution < 1.29 is 14.3 Å². The molecule has 0 spiro atoms. The lowest BCUT2D eigenvalue weighted by molar-refractivity contribution is 0.0832. The average molecular weight is 275 g/mol. The molecular weight excluding hydrogens is 254 g/mol. The topological polar surface area (TPSA) is 38.8 Å². The van der Waals surface area contributed by atoms with Gasteiger partial charge in [0.15, 0.2) is 17.3 Å². The number of carbonyl (C=O) groups excluding carboxylic acids is 1. The van der Waals surface area contributed by atoms with Gasteiger partial charge in [0.1, 0.15) is 0 Å². The zero-order valence-electron chi connectivity index (χ0n) is 11.9. The molecule has 0 amide bonds. The van der Waals surface area contributed by atoms with Gasteiger partial charge in [0.25, 0.3) is 0 Å². The fourth-order valence-corrected chi connectivity index (χ4v) is 3.11. The van der Waals surface area contributed by atoms with Gasteiger partial charge in [-0.15, -0.1) is 0 Å². The predicted molar refractivity (Wildman–Crippen MR) is 76.4 cm³/mol. The number of para-hydroxylation sites is 1. The van der Waals surface area contributed by atoms with Crippen LogP contribution in [0.15, 0.2) is 18.2 Å². The lowest BCUT2D eigenvalue weighted by Gasteiger charge is -2.26. The van der Waals surface area contributed by atoms with Crippen molar-refractivity contribution in [3.63, 3.8) is 0 Å². The Hall–Kier alpha value is -1.55.